The van der Waals surface area contributed by atoms with E-state index in [0.29, 0.717) is 18.6 Å². The van der Waals surface area contributed by atoms with Crippen LogP contribution in [0.4, 0.5) is 0 Å². The van der Waals surface area contributed by atoms with Crippen LogP contribution in [0.15, 0.2) is 46.8 Å². The van der Waals surface area contributed by atoms with Crippen molar-refractivity contribution in [3.8, 4) is 0 Å². The van der Waals surface area contributed by atoms with Crippen LogP contribution in [0.2, 0.25) is 0 Å². The molecule has 3 rings (SSSR count). The quantitative estimate of drug-likeness (QED) is 0.392. The van der Waals surface area contributed by atoms with E-state index in [-0.39, 0.29) is 17.7 Å². The highest BCUT2D eigenvalue weighted by Gasteiger charge is 2.38. The summed E-state index contributed by atoms with van der Waals surface area (Å²) in [5.74, 6) is -0.532. The molecule has 0 saturated heterocycles. The SMILES string of the molecule is CCCCOC(=O)C1=C(C)NC2=C(C(=O)CCC2)[C@H]1c1ccc(I)cc1. The molecule has 1 aromatic rings. The maximum absolute atomic E-state index is 12.9. The molecule has 5 heteroatoms. The topological polar surface area (TPSA) is 55.4 Å². The number of carbonyl (C=O) groups is 2. The van der Waals surface area contributed by atoms with Gasteiger partial charge in [0.15, 0.2) is 5.78 Å². The van der Waals surface area contributed by atoms with Crippen LogP contribution in [0.25, 0.3) is 0 Å². The van der Waals surface area contributed by atoms with E-state index in [4.69, 9.17) is 4.74 Å². The number of hydrogen-bond acceptors (Lipinski definition) is 4. The fraction of sp³-hybridized carbons (Fsp3) is 0.429. The number of dihydropyridines is 1. The molecule has 2 aliphatic rings. The largest absolute Gasteiger partial charge is 0.462 e. The molecule has 0 unspecified atom stereocenters. The zero-order valence-corrected chi connectivity index (χ0v) is 17.4. The summed E-state index contributed by atoms with van der Waals surface area (Å²) in [7, 11) is 0. The molecule has 26 heavy (non-hydrogen) atoms. The van der Waals surface area contributed by atoms with Crippen LogP contribution in [0, 0.1) is 3.57 Å². The molecule has 0 bridgehead atoms. The summed E-state index contributed by atoms with van der Waals surface area (Å²) in [5.41, 5.74) is 4.04. The number of nitrogens with one attached hydrogen (secondary N) is 1. The molecule has 4 nitrogen and oxygen atoms in total. The summed E-state index contributed by atoms with van der Waals surface area (Å²) < 4.78 is 6.63. The smallest absolute Gasteiger partial charge is 0.336 e. The molecule has 1 aliphatic carbocycles. The summed E-state index contributed by atoms with van der Waals surface area (Å²) in [6, 6.07) is 8.05. The van der Waals surface area contributed by atoms with Crippen LogP contribution in [0.5, 0.6) is 0 Å². The highest BCUT2D eigenvalue weighted by atomic mass is 127. The predicted molar refractivity (Wildman–Crippen MR) is 109 cm³/mol. The molecule has 0 amide bonds. The van der Waals surface area contributed by atoms with E-state index in [2.05, 4.69) is 34.8 Å². The van der Waals surface area contributed by atoms with Crippen molar-refractivity contribution in [1.82, 2.24) is 5.32 Å². The van der Waals surface area contributed by atoms with Crippen LogP contribution in [0.3, 0.4) is 0 Å². The van der Waals surface area contributed by atoms with Gasteiger partial charge in [0.05, 0.1) is 12.2 Å². The van der Waals surface area contributed by atoms with E-state index in [0.717, 1.165) is 51.8 Å². The second-order valence-electron chi connectivity index (χ2n) is 6.81. The minimum atomic E-state index is -0.342. The van der Waals surface area contributed by atoms with Gasteiger partial charge in [-0.3, -0.25) is 4.79 Å². The van der Waals surface area contributed by atoms with Crippen molar-refractivity contribution in [3.05, 3.63) is 55.9 Å². The first-order valence-corrected chi connectivity index (χ1v) is 10.3. The van der Waals surface area contributed by atoms with Gasteiger partial charge in [0.2, 0.25) is 0 Å². The number of halogens is 1. The van der Waals surface area contributed by atoms with Crippen LogP contribution < -0.4 is 5.32 Å². The van der Waals surface area contributed by atoms with Gasteiger partial charge in [0, 0.05) is 32.9 Å². The average molecular weight is 465 g/mol. The number of hydrogen-bond donors (Lipinski definition) is 1. The van der Waals surface area contributed by atoms with Gasteiger partial charge < -0.3 is 10.1 Å². The molecule has 138 valence electrons. The third-order valence-electron chi connectivity index (χ3n) is 4.93. The Morgan fingerprint density at radius 3 is 2.69 bits per heavy atom. The van der Waals surface area contributed by atoms with Crippen molar-refractivity contribution in [1.29, 1.82) is 0 Å². The fourth-order valence-electron chi connectivity index (χ4n) is 3.63. The van der Waals surface area contributed by atoms with Crippen molar-refractivity contribution in [3.63, 3.8) is 0 Å². The molecule has 1 aliphatic heterocycles. The molecule has 0 aromatic heterocycles. The molecule has 1 aromatic carbocycles. The van der Waals surface area contributed by atoms with Crippen molar-refractivity contribution >= 4 is 34.3 Å². The molecule has 1 N–H and O–H groups in total. The number of rotatable bonds is 5. The van der Waals surface area contributed by atoms with Crippen molar-refractivity contribution < 1.29 is 14.3 Å². The number of benzene rings is 1. The minimum Gasteiger partial charge on any atom is -0.462 e. The monoisotopic (exact) mass is 465 g/mol. The number of ether oxygens (including phenoxy) is 1. The average Bonchev–Trinajstić information content (AvgIpc) is 2.61. The second-order valence-corrected chi connectivity index (χ2v) is 8.05. The summed E-state index contributed by atoms with van der Waals surface area (Å²) in [6.07, 6.45) is 4.05. The van der Waals surface area contributed by atoms with Gasteiger partial charge in [-0.1, -0.05) is 25.5 Å². The van der Waals surface area contributed by atoms with E-state index < -0.39 is 0 Å². The summed E-state index contributed by atoms with van der Waals surface area (Å²) in [6.45, 7) is 4.37. The molecule has 0 saturated carbocycles. The lowest BCUT2D eigenvalue weighted by atomic mass is 9.75. The molecule has 0 spiro atoms. The van der Waals surface area contributed by atoms with Crippen LogP contribution in [0.1, 0.15) is 57.4 Å². The lowest BCUT2D eigenvalue weighted by Gasteiger charge is -2.34. The lowest BCUT2D eigenvalue weighted by Crippen LogP contribution is -2.34. The Hall–Kier alpha value is -1.63. The number of carbonyl (C=O) groups excluding carboxylic acids is 2. The first-order valence-electron chi connectivity index (χ1n) is 9.19. The number of Topliss-reactive ketones (excluding diaryl/α,β-unsaturated/α-hetero) is 1. The van der Waals surface area contributed by atoms with Gasteiger partial charge in [-0.05, 0) is 66.5 Å². The van der Waals surface area contributed by atoms with Gasteiger partial charge in [0.25, 0.3) is 0 Å². The van der Waals surface area contributed by atoms with Crippen LogP contribution >= 0.6 is 22.6 Å². The van der Waals surface area contributed by atoms with Crippen molar-refractivity contribution in [2.24, 2.45) is 0 Å². The minimum absolute atomic E-state index is 0.133. The van der Waals surface area contributed by atoms with Crippen molar-refractivity contribution in [2.75, 3.05) is 6.61 Å². The van der Waals surface area contributed by atoms with Gasteiger partial charge in [-0.15, -0.1) is 0 Å². The van der Waals surface area contributed by atoms with Gasteiger partial charge >= 0.3 is 5.97 Å². The molecular formula is C21H24INO3. The number of allylic oxidation sites excluding steroid dienone is 3. The first-order chi connectivity index (χ1) is 12.5. The Morgan fingerprint density at radius 2 is 2.00 bits per heavy atom. The molecule has 1 heterocycles. The molecule has 0 fully saturated rings. The number of unbranched alkanes of at least 4 members (excludes halogenated alkanes) is 1. The highest BCUT2D eigenvalue weighted by molar-refractivity contribution is 14.1. The van der Waals surface area contributed by atoms with Crippen molar-refractivity contribution in [2.45, 2.75) is 51.9 Å². The maximum atomic E-state index is 12.9. The summed E-state index contributed by atoms with van der Waals surface area (Å²) >= 11 is 2.26. The third kappa shape index (κ3) is 3.87. The Labute approximate surface area is 168 Å². The predicted octanol–water partition coefficient (Wildman–Crippen LogP) is 4.60. The van der Waals surface area contributed by atoms with E-state index in [1.54, 1.807) is 0 Å². The molecular weight excluding hydrogens is 441 g/mol. The zero-order chi connectivity index (χ0) is 18.7. The Kier molecular flexibility index (Phi) is 6.16. The standard InChI is InChI=1S/C21H24INO3/c1-3-4-12-26-21(25)18-13(2)23-16-6-5-7-17(24)20(16)19(18)14-8-10-15(22)11-9-14/h8-11,19,23H,3-7,12H2,1-2H3/t19-/m0/s1. The molecule has 0 radical (unpaired) electrons. The Balaban J connectivity index is 2.04. The number of esters is 1. The third-order valence-corrected chi connectivity index (χ3v) is 5.65. The maximum Gasteiger partial charge on any atom is 0.336 e. The molecule has 1 atom stereocenters. The fourth-order valence-corrected chi connectivity index (χ4v) is 3.99. The van der Waals surface area contributed by atoms with Gasteiger partial charge in [-0.25, -0.2) is 4.79 Å². The Bertz CT molecular complexity index is 777. The van der Waals surface area contributed by atoms with E-state index in [1.807, 2.05) is 31.2 Å². The van der Waals surface area contributed by atoms with Crippen LogP contribution in [-0.2, 0) is 14.3 Å². The van der Waals surface area contributed by atoms with E-state index >= 15 is 0 Å². The first kappa shape index (κ1) is 19.1. The summed E-state index contributed by atoms with van der Waals surface area (Å²) in [4.78, 5) is 25.6. The normalized spacial score (nSPS) is 20.0. The zero-order valence-electron chi connectivity index (χ0n) is 15.2. The Morgan fingerprint density at radius 1 is 1.27 bits per heavy atom. The lowest BCUT2D eigenvalue weighted by molar-refractivity contribution is -0.139. The summed E-state index contributed by atoms with van der Waals surface area (Å²) in [5, 5.41) is 3.32. The van der Waals surface area contributed by atoms with Crippen LogP contribution in [-0.4, -0.2) is 18.4 Å². The van der Waals surface area contributed by atoms with E-state index in [1.165, 1.54) is 0 Å². The van der Waals surface area contributed by atoms with Gasteiger partial charge in [0.1, 0.15) is 0 Å². The second kappa shape index (κ2) is 8.37. The van der Waals surface area contributed by atoms with Gasteiger partial charge in [-0.2, -0.15) is 0 Å². The number of ketones is 1. The van der Waals surface area contributed by atoms with E-state index in [9.17, 15) is 9.59 Å². The highest BCUT2D eigenvalue weighted by Crippen LogP contribution is 2.42.